The Morgan fingerprint density at radius 2 is 1.25 bits per heavy atom. The molecular formula is C36H33N2OP. The van der Waals surface area contributed by atoms with Crippen LogP contribution in [-0.4, -0.2) is 23.3 Å². The van der Waals surface area contributed by atoms with Crippen molar-refractivity contribution in [1.82, 2.24) is 9.97 Å². The highest BCUT2D eigenvalue weighted by atomic mass is 31.2. The molecule has 0 aliphatic heterocycles. The molecule has 1 heterocycles. The van der Waals surface area contributed by atoms with Crippen LogP contribution in [0.2, 0.25) is 0 Å². The molecule has 6 rings (SSSR count). The van der Waals surface area contributed by atoms with Crippen molar-refractivity contribution >= 4 is 34.1 Å². The van der Waals surface area contributed by atoms with E-state index < -0.39 is 7.14 Å². The average Bonchev–Trinajstić information content (AvgIpc) is 2.96. The number of benzene rings is 5. The first-order valence-corrected chi connectivity index (χ1v) is 16.2. The molecule has 40 heavy (non-hydrogen) atoms. The normalized spacial score (nSPS) is 12.2. The van der Waals surface area contributed by atoms with E-state index in [-0.39, 0.29) is 5.41 Å². The highest BCUT2D eigenvalue weighted by Gasteiger charge is 2.21. The fourth-order valence-corrected chi connectivity index (χ4v) is 6.05. The summed E-state index contributed by atoms with van der Waals surface area (Å²) in [5.74, 6) is 0.708. The fourth-order valence-electron chi connectivity index (χ4n) is 5.15. The Labute approximate surface area is 236 Å². The lowest BCUT2D eigenvalue weighted by atomic mass is 9.85. The van der Waals surface area contributed by atoms with E-state index in [1.54, 1.807) is 0 Å². The molecule has 198 valence electrons. The molecule has 3 nitrogen and oxygen atoms in total. The summed E-state index contributed by atoms with van der Waals surface area (Å²) in [6, 6.07) is 37.8. The van der Waals surface area contributed by atoms with Crippen molar-refractivity contribution < 1.29 is 4.57 Å². The third kappa shape index (κ3) is 4.98. The maximum atomic E-state index is 13.2. The minimum atomic E-state index is -2.45. The largest absolute Gasteiger partial charge is 0.319 e. The molecule has 0 aliphatic carbocycles. The molecule has 0 amide bonds. The zero-order valence-electron chi connectivity index (χ0n) is 23.6. The first kappa shape index (κ1) is 26.2. The molecule has 0 N–H and O–H groups in total. The zero-order chi connectivity index (χ0) is 28.1. The number of rotatable bonds is 4. The Morgan fingerprint density at radius 3 is 1.90 bits per heavy atom. The van der Waals surface area contributed by atoms with Gasteiger partial charge in [0.15, 0.2) is 5.82 Å². The quantitative estimate of drug-likeness (QED) is 0.165. The average molecular weight is 541 g/mol. The molecule has 0 radical (unpaired) electrons. The van der Waals surface area contributed by atoms with Gasteiger partial charge in [-0.15, -0.1) is 0 Å². The number of fused-ring (bicyclic) bond motifs is 3. The van der Waals surface area contributed by atoms with Gasteiger partial charge in [0.05, 0.1) is 11.2 Å². The minimum absolute atomic E-state index is 0.0636. The van der Waals surface area contributed by atoms with Crippen LogP contribution in [-0.2, 0) is 9.98 Å². The summed E-state index contributed by atoms with van der Waals surface area (Å²) < 4.78 is 13.2. The van der Waals surface area contributed by atoms with Crippen molar-refractivity contribution in [2.24, 2.45) is 0 Å². The standard InChI is InChI=1S/C36H33N2OP/c1-36(2,3)29-20-28(21-30(23-29)40(4,5)39)27-17-16-24-18-19-31-33(25-12-8-6-9-13-25)37-35(26-14-10-7-11-15-26)38-34(31)32(24)22-27/h6-23H,1-5H3. The van der Waals surface area contributed by atoms with Crippen LogP contribution >= 0.6 is 7.14 Å². The third-order valence-electron chi connectivity index (χ3n) is 7.50. The van der Waals surface area contributed by atoms with Gasteiger partial charge in [-0.05, 0) is 65.1 Å². The molecule has 0 saturated carbocycles. The van der Waals surface area contributed by atoms with Crippen LogP contribution in [0.5, 0.6) is 0 Å². The van der Waals surface area contributed by atoms with E-state index in [9.17, 15) is 4.57 Å². The van der Waals surface area contributed by atoms with Gasteiger partial charge in [0.1, 0.15) is 7.14 Å². The Hall–Kier alpha value is -4.07. The fraction of sp³-hybridized carbons (Fsp3) is 0.167. The Morgan fingerprint density at radius 1 is 0.600 bits per heavy atom. The van der Waals surface area contributed by atoms with Gasteiger partial charge in [0.25, 0.3) is 0 Å². The van der Waals surface area contributed by atoms with Gasteiger partial charge >= 0.3 is 0 Å². The summed E-state index contributed by atoms with van der Waals surface area (Å²) in [5, 5.41) is 4.13. The van der Waals surface area contributed by atoms with Gasteiger partial charge in [-0.2, -0.15) is 0 Å². The van der Waals surface area contributed by atoms with Gasteiger partial charge in [-0.1, -0.05) is 106 Å². The molecule has 0 aliphatic rings. The van der Waals surface area contributed by atoms with Crippen LogP contribution < -0.4 is 5.30 Å². The Bertz CT molecular complexity index is 1920. The minimum Gasteiger partial charge on any atom is -0.319 e. The molecule has 5 aromatic carbocycles. The molecule has 6 aromatic rings. The molecule has 0 unspecified atom stereocenters. The van der Waals surface area contributed by atoms with Gasteiger partial charge in [0, 0.05) is 27.2 Å². The smallest absolute Gasteiger partial charge is 0.160 e. The number of hydrogen-bond acceptors (Lipinski definition) is 3. The van der Waals surface area contributed by atoms with Crippen LogP contribution in [0.25, 0.3) is 55.4 Å². The van der Waals surface area contributed by atoms with Crippen molar-refractivity contribution in [3.63, 3.8) is 0 Å². The van der Waals surface area contributed by atoms with Crippen molar-refractivity contribution in [3.05, 3.63) is 115 Å². The summed E-state index contributed by atoms with van der Waals surface area (Å²) in [6.45, 7) is 10.3. The summed E-state index contributed by atoms with van der Waals surface area (Å²) in [7, 11) is -2.45. The Kier molecular flexibility index (Phi) is 6.44. The second-order valence-corrected chi connectivity index (χ2v) is 15.1. The lowest BCUT2D eigenvalue weighted by molar-refractivity contribution is 0.586. The second-order valence-electron chi connectivity index (χ2n) is 11.9. The van der Waals surface area contributed by atoms with Crippen LogP contribution in [0, 0.1) is 0 Å². The van der Waals surface area contributed by atoms with E-state index in [0.29, 0.717) is 5.82 Å². The van der Waals surface area contributed by atoms with E-state index in [2.05, 4.69) is 93.6 Å². The van der Waals surface area contributed by atoms with Gasteiger partial charge < -0.3 is 4.57 Å². The molecule has 0 saturated heterocycles. The van der Waals surface area contributed by atoms with E-state index in [0.717, 1.165) is 54.9 Å². The molecule has 4 heteroatoms. The van der Waals surface area contributed by atoms with E-state index in [4.69, 9.17) is 9.97 Å². The van der Waals surface area contributed by atoms with Crippen LogP contribution in [0.3, 0.4) is 0 Å². The monoisotopic (exact) mass is 540 g/mol. The lowest BCUT2D eigenvalue weighted by Gasteiger charge is -2.22. The van der Waals surface area contributed by atoms with Gasteiger partial charge in [-0.25, -0.2) is 9.97 Å². The predicted octanol–water partition coefficient (Wildman–Crippen LogP) is 9.33. The van der Waals surface area contributed by atoms with Crippen LogP contribution in [0.1, 0.15) is 26.3 Å². The van der Waals surface area contributed by atoms with Crippen molar-refractivity contribution in [2.45, 2.75) is 26.2 Å². The SMILES string of the molecule is CC(C)(C)c1cc(-c2ccc3ccc4c(-c5ccccc5)nc(-c5ccccc5)nc4c3c2)cc(P(C)(C)=O)c1. The first-order chi connectivity index (χ1) is 19.1. The second kappa shape index (κ2) is 9.84. The maximum absolute atomic E-state index is 13.2. The molecule has 0 bridgehead atoms. The van der Waals surface area contributed by atoms with E-state index in [1.165, 1.54) is 5.56 Å². The molecular weight excluding hydrogens is 507 g/mol. The summed E-state index contributed by atoms with van der Waals surface area (Å²) >= 11 is 0. The highest BCUT2D eigenvalue weighted by Crippen LogP contribution is 2.40. The molecule has 0 fully saturated rings. The van der Waals surface area contributed by atoms with E-state index >= 15 is 0 Å². The van der Waals surface area contributed by atoms with E-state index in [1.807, 2.05) is 49.7 Å². The van der Waals surface area contributed by atoms with Crippen LogP contribution in [0.4, 0.5) is 0 Å². The number of aromatic nitrogens is 2. The topological polar surface area (TPSA) is 42.9 Å². The third-order valence-corrected chi connectivity index (χ3v) is 9.00. The number of hydrogen-bond donors (Lipinski definition) is 0. The lowest BCUT2D eigenvalue weighted by Crippen LogP contribution is -2.15. The van der Waals surface area contributed by atoms with Crippen molar-refractivity contribution in [1.29, 1.82) is 0 Å². The van der Waals surface area contributed by atoms with Crippen LogP contribution in [0.15, 0.2) is 109 Å². The highest BCUT2D eigenvalue weighted by molar-refractivity contribution is 7.70. The summed E-state index contributed by atoms with van der Waals surface area (Å²) in [4.78, 5) is 10.2. The first-order valence-electron chi connectivity index (χ1n) is 13.6. The maximum Gasteiger partial charge on any atom is 0.160 e. The van der Waals surface area contributed by atoms with Crippen molar-refractivity contribution in [3.8, 4) is 33.8 Å². The van der Waals surface area contributed by atoms with Gasteiger partial charge in [0.2, 0.25) is 0 Å². The molecule has 0 atom stereocenters. The Balaban J connectivity index is 1.65. The van der Waals surface area contributed by atoms with Crippen molar-refractivity contribution in [2.75, 3.05) is 13.3 Å². The molecule has 1 aromatic heterocycles. The molecule has 0 spiro atoms. The predicted molar refractivity (Wildman–Crippen MR) is 171 cm³/mol. The summed E-state index contributed by atoms with van der Waals surface area (Å²) in [5.41, 5.74) is 7.18. The summed E-state index contributed by atoms with van der Waals surface area (Å²) in [6.07, 6.45) is 0. The number of nitrogens with zero attached hydrogens (tertiary/aromatic N) is 2. The zero-order valence-corrected chi connectivity index (χ0v) is 24.5. The van der Waals surface area contributed by atoms with Gasteiger partial charge in [-0.3, -0.25) is 0 Å².